The van der Waals surface area contributed by atoms with E-state index < -0.39 is 22.8 Å². The molecule has 10 saturated carbocycles. The van der Waals surface area contributed by atoms with E-state index in [1.165, 1.54) is 31.3 Å². The monoisotopic (exact) mass is 927 g/mol. The van der Waals surface area contributed by atoms with Crippen LogP contribution in [0, 0.1) is 113 Å². The van der Waals surface area contributed by atoms with Crippen LogP contribution >= 0.6 is 0 Å². The van der Waals surface area contributed by atoms with E-state index in [-0.39, 0.29) is 73.3 Å². The van der Waals surface area contributed by atoms with Gasteiger partial charge in [0.2, 0.25) is 0 Å². The quantitative estimate of drug-likeness (QED) is 0.123. The molecule has 0 amide bonds. The maximum Gasteiger partial charge on any atom is 0.309 e. The summed E-state index contributed by atoms with van der Waals surface area (Å²) in [5.74, 6) is 2.62. The number of hydrogen-bond acceptors (Lipinski definition) is 5. The fraction of sp³-hybridized carbons (Fsp3) is 0.883. The molecule has 0 saturated heterocycles. The average Bonchev–Trinajstić information content (AvgIpc) is 3.86. The van der Waals surface area contributed by atoms with Gasteiger partial charge in [-0.3, -0.25) is 14.4 Å². The lowest BCUT2D eigenvalue weighted by Crippen LogP contribution is -2.67. The summed E-state index contributed by atoms with van der Waals surface area (Å²) in [4.78, 5) is 37.3. The number of aliphatic hydroxyl groups excluding tert-OH is 2. The van der Waals surface area contributed by atoms with Gasteiger partial charge in [-0.05, 0) is 243 Å². The first-order chi connectivity index (χ1) is 31.0. The molecule has 0 aromatic carbocycles. The number of rotatable bonds is 5. The highest BCUT2D eigenvalue weighted by Crippen LogP contribution is 2.80. The number of aliphatic carboxylic acids is 2. The van der Waals surface area contributed by atoms with Crippen LogP contribution in [0.3, 0.4) is 0 Å². The summed E-state index contributed by atoms with van der Waals surface area (Å²) in [6, 6.07) is 0. The van der Waals surface area contributed by atoms with E-state index in [2.05, 4.69) is 89.3 Å². The molecule has 0 bridgehead atoms. The maximum absolute atomic E-state index is 12.8. The van der Waals surface area contributed by atoms with Crippen molar-refractivity contribution in [3.63, 3.8) is 0 Å². The molecule has 0 radical (unpaired) electrons. The van der Waals surface area contributed by atoms with Gasteiger partial charge in [-0.1, -0.05) is 88.0 Å². The molecule has 0 heterocycles. The molecule has 376 valence electrons. The Morgan fingerprint density at radius 3 is 1.22 bits per heavy atom. The van der Waals surface area contributed by atoms with Crippen molar-refractivity contribution in [2.24, 2.45) is 113 Å². The Labute approximate surface area is 406 Å². The molecule has 10 fully saturated rings. The van der Waals surface area contributed by atoms with Gasteiger partial charge in [0, 0.05) is 0 Å². The maximum atomic E-state index is 12.8. The molecular weight excluding hydrogens is 833 g/mol. The van der Waals surface area contributed by atoms with Crippen molar-refractivity contribution in [1.82, 2.24) is 0 Å². The third kappa shape index (κ3) is 6.28. The summed E-state index contributed by atoms with van der Waals surface area (Å²) in [5.41, 5.74) is 1.65. The fourth-order valence-electron chi connectivity index (χ4n) is 23.0. The van der Waals surface area contributed by atoms with Crippen LogP contribution in [-0.2, 0) is 14.4 Å². The van der Waals surface area contributed by atoms with Crippen LogP contribution in [0.2, 0.25) is 0 Å². The second kappa shape index (κ2) is 15.8. The minimum Gasteiger partial charge on any atom is -0.481 e. The van der Waals surface area contributed by atoms with Crippen molar-refractivity contribution in [2.45, 2.75) is 217 Å². The summed E-state index contributed by atoms with van der Waals surface area (Å²) in [6.07, 6.45) is 20.8. The summed E-state index contributed by atoms with van der Waals surface area (Å²) in [5, 5.41) is 42.7. The number of carboxylic acids is 2. The number of aliphatic hydroxyl groups is 2. The topological polar surface area (TPSA) is 132 Å². The van der Waals surface area contributed by atoms with Crippen LogP contribution in [0.4, 0.5) is 0 Å². The van der Waals surface area contributed by atoms with Gasteiger partial charge in [0.15, 0.2) is 0 Å². The van der Waals surface area contributed by atoms with Crippen LogP contribution < -0.4 is 0 Å². The molecule has 0 aliphatic heterocycles. The summed E-state index contributed by atoms with van der Waals surface area (Å²) in [6.45, 7) is 35.1. The van der Waals surface area contributed by atoms with Crippen molar-refractivity contribution in [2.75, 3.05) is 0 Å². The summed E-state index contributed by atoms with van der Waals surface area (Å²) < 4.78 is 0. The van der Waals surface area contributed by atoms with E-state index in [0.29, 0.717) is 53.4 Å². The number of allylic oxidation sites excluding steroid dienone is 2. The minimum absolute atomic E-state index is 0.00839. The van der Waals surface area contributed by atoms with E-state index in [0.717, 1.165) is 103 Å². The normalized spacial score (nSPS) is 54.3. The van der Waals surface area contributed by atoms with E-state index >= 15 is 0 Å². The lowest BCUT2D eigenvalue weighted by Gasteiger charge is -2.72. The van der Waals surface area contributed by atoms with Gasteiger partial charge < -0.3 is 20.4 Å². The molecular formula is C60H94O7. The number of hydrogen-bond donors (Lipinski definition) is 4. The third-order valence-electron chi connectivity index (χ3n) is 26.9. The van der Waals surface area contributed by atoms with Crippen LogP contribution in [0.25, 0.3) is 0 Å². The van der Waals surface area contributed by atoms with Crippen LogP contribution in [0.5, 0.6) is 0 Å². The SMILES string of the molecule is C=C(C)[C@@H]1CC[C@]2(C(=O)O)CC[C@]3(C)C(CCC4[C@@]5(C)CC[C@H](O)C(C)(C)C5CC[C@]43C)C12.C=C(C=O)[C@@H]1CC[C@]2(C(=O)O)CC[C@]3(C)C(CCC4[C@@]5(C)CC[C@H](O)C(C)(C)C5CC[C@]43C)C12. The van der Waals surface area contributed by atoms with Crippen LogP contribution in [0.1, 0.15) is 205 Å². The van der Waals surface area contributed by atoms with E-state index in [1.807, 2.05) is 0 Å². The predicted octanol–water partition coefficient (Wildman–Crippen LogP) is 13.4. The van der Waals surface area contributed by atoms with E-state index in [9.17, 15) is 34.8 Å². The molecule has 20 atom stereocenters. The second-order valence-electron chi connectivity index (χ2n) is 28.9. The Balaban J connectivity index is 0.000000168. The summed E-state index contributed by atoms with van der Waals surface area (Å²) in [7, 11) is 0. The molecule has 7 nitrogen and oxygen atoms in total. The molecule has 0 spiro atoms. The lowest BCUT2D eigenvalue weighted by atomic mass is 9.32. The zero-order chi connectivity index (χ0) is 49.1. The summed E-state index contributed by atoms with van der Waals surface area (Å²) >= 11 is 0. The molecule has 0 aromatic heterocycles. The van der Waals surface area contributed by atoms with Gasteiger partial charge in [0.05, 0.1) is 23.0 Å². The number of aldehydes is 1. The first-order valence-corrected chi connectivity index (χ1v) is 27.7. The molecule has 10 rings (SSSR count). The molecule has 8 unspecified atom stereocenters. The second-order valence-corrected chi connectivity index (χ2v) is 28.9. The van der Waals surface area contributed by atoms with Gasteiger partial charge in [-0.2, -0.15) is 0 Å². The number of fused-ring (bicyclic) bond motifs is 14. The fourth-order valence-corrected chi connectivity index (χ4v) is 23.0. The molecule has 67 heavy (non-hydrogen) atoms. The van der Waals surface area contributed by atoms with Gasteiger partial charge in [0.1, 0.15) is 6.29 Å². The Kier molecular flexibility index (Phi) is 11.7. The van der Waals surface area contributed by atoms with Gasteiger partial charge >= 0.3 is 11.9 Å². The largest absolute Gasteiger partial charge is 0.481 e. The Morgan fingerprint density at radius 1 is 0.463 bits per heavy atom. The standard InChI is InChI=1S/C30H46O4.C30H48O3/c1-18(17-31)19-9-14-30(25(33)34)16-15-28(5)20(24(19)30)7-8-22-27(4)12-11-23(32)26(2,3)21(27)10-13-29(22,28)6;1-18(2)19-10-15-30(25(32)33)17-16-28(6)20(24(19)30)8-9-22-27(5)13-12-23(31)26(3,4)21(27)11-14-29(22,28)7/h17,19-24,32H,1,7-16H2,2-6H3,(H,33,34);19-24,31H,1,8-17H2,2-7H3,(H,32,33)/t2*19-,20?,21?,22?,23-,24?,27-,28+,29+,30-/m00/s1. The predicted molar refractivity (Wildman–Crippen MR) is 266 cm³/mol. The third-order valence-corrected chi connectivity index (χ3v) is 26.9. The Bertz CT molecular complexity index is 2050. The smallest absolute Gasteiger partial charge is 0.309 e. The van der Waals surface area contributed by atoms with Gasteiger partial charge in [0.25, 0.3) is 0 Å². The van der Waals surface area contributed by atoms with Crippen LogP contribution in [0.15, 0.2) is 24.3 Å². The Hall–Kier alpha value is -1.99. The van der Waals surface area contributed by atoms with E-state index in [4.69, 9.17) is 0 Å². The first-order valence-electron chi connectivity index (χ1n) is 27.7. The van der Waals surface area contributed by atoms with Crippen molar-refractivity contribution < 1.29 is 34.8 Å². The molecule has 0 aromatic rings. The first kappa shape index (κ1) is 50.0. The molecule has 7 heteroatoms. The highest BCUT2D eigenvalue weighted by molar-refractivity contribution is 5.78. The lowest BCUT2D eigenvalue weighted by molar-refractivity contribution is -0.248. The van der Waals surface area contributed by atoms with Gasteiger partial charge in [-0.15, -0.1) is 0 Å². The highest BCUT2D eigenvalue weighted by Gasteiger charge is 2.74. The minimum atomic E-state index is -0.692. The number of carbonyl (C=O) groups is 3. The van der Waals surface area contributed by atoms with Gasteiger partial charge in [-0.25, -0.2) is 0 Å². The van der Waals surface area contributed by atoms with Crippen LogP contribution in [-0.4, -0.2) is 50.9 Å². The molecule has 4 N–H and O–H groups in total. The van der Waals surface area contributed by atoms with Crippen molar-refractivity contribution >= 4 is 18.2 Å². The van der Waals surface area contributed by atoms with Crippen molar-refractivity contribution in [1.29, 1.82) is 0 Å². The molecule has 10 aliphatic rings. The highest BCUT2D eigenvalue weighted by atomic mass is 16.4. The average molecular weight is 927 g/mol. The Morgan fingerprint density at radius 2 is 0.851 bits per heavy atom. The number of carbonyl (C=O) groups excluding carboxylic acids is 1. The molecule has 10 aliphatic carbocycles. The number of carboxylic acid groups (broad SMARTS) is 2. The van der Waals surface area contributed by atoms with Crippen molar-refractivity contribution in [3.05, 3.63) is 24.3 Å². The van der Waals surface area contributed by atoms with Crippen molar-refractivity contribution in [3.8, 4) is 0 Å². The zero-order valence-corrected chi connectivity index (χ0v) is 44.1. The van der Waals surface area contributed by atoms with E-state index in [1.54, 1.807) is 0 Å². The zero-order valence-electron chi connectivity index (χ0n) is 44.1.